The number of fused-ring (bicyclic) bond motifs is 3. The van der Waals surface area contributed by atoms with Gasteiger partial charge in [0, 0.05) is 29.3 Å². The third-order valence-electron chi connectivity index (χ3n) is 6.06. The molecular formula is C24H23N5O2. The minimum absolute atomic E-state index is 0.0301. The number of nitrogen functional groups attached to an aromatic ring is 1. The first kappa shape index (κ1) is 19.5. The van der Waals surface area contributed by atoms with Crippen molar-refractivity contribution in [2.45, 2.75) is 39.0 Å². The third kappa shape index (κ3) is 3.71. The Balaban J connectivity index is 1.48. The van der Waals surface area contributed by atoms with E-state index in [-0.39, 0.29) is 12.0 Å². The molecule has 31 heavy (non-hydrogen) atoms. The number of benzene rings is 1. The Hall–Kier alpha value is -3.50. The van der Waals surface area contributed by atoms with Crippen LogP contribution in [0.25, 0.3) is 10.9 Å². The van der Waals surface area contributed by atoms with E-state index in [1.807, 2.05) is 36.1 Å². The Labute approximate surface area is 180 Å². The Kier molecular flexibility index (Phi) is 4.79. The molecule has 2 aliphatic rings. The van der Waals surface area contributed by atoms with Crippen molar-refractivity contribution in [1.29, 1.82) is 5.26 Å². The molecule has 1 fully saturated rings. The molecule has 5 rings (SSSR count). The first-order valence-corrected chi connectivity index (χ1v) is 10.5. The molecule has 0 bridgehead atoms. The smallest absolute Gasteiger partial charge is 0.254 e. The highest BCUT2D eigenvalue weighted by Crippen LogP contribution is 2.38. The summed E-state index contributed by atoms with van der Waals surface area (Å²) >= 11 is 0. The number of pyridine rings is 2. The number of hydrogen-bond donors (Lipinski definition) is 1. The van der Waals surface area contributed by atoms with Crippen molar-refractivity contribution in [3.8, 4) is 6.07 Å². The van der Waals surface area contributed by atoms with Crippen molar-refractivity contribution in [3.63, 3.8) is 0 Å². The van der Waals surface area contributed by atoms with Gasteiger partial charge in [0.15, 0.2) is 0 Å². The number of aromatic nitrogens is 2. The predicted octanol–water partition coefficient (Wildman–Crippen LogP) is 3.73. The topological polar surface area (TPSA) is 105 Å². The lowest BCUT2D eigenvalue weighted by atomic mass is 10.00. The molecule has 7 nitrogen and oxygen atoms in total. The van der Waals surface area contributed by atoms with E-state index in [1.54, 1.807) is 12.3 Å². The van der Waals surface area contributed by atoms with E-state index in [1.165, 1.54) is 0 Å². The average Bonchev–Trinajstić information content (AvgIpc) is 3.52. The van der Waals surface area contributed by atoms with E-state index in [2.05, 4.69) is 16.0 Å². The van der Waals surface area contributed by atoms with Crippen LogP contribution in [0.5, 0.6) is 0 Å². The lowest BCUT2D eigenvalue weighted by molar-refractivity contribution is 0.0732. The lowest BCUT2D eigenvalue weighted by Crippen LogP contribution is -2.32. The minimum atomic E-state index is -0.0971. The van der Waals surface area contributed by atoms with Crippen LogP contribution in [0.1, 0.15) is 58.6 Å². The summed E-state index contributed by atoms with van der Waals surface area (Å²) in [4.78, 5) is 24.2. The van der Waals surface area contributed by atoms with Gasteiger partial charge < -0.3 is 15.4 Å². The van der Waals surface area contributed by atoms with Crippen LogP contribution in [-0.2, 0) is 17.9 Å². The molecule has 1 saturated carbocycles. The molecule has 0 spiro atoms. The highest BCUT2D eigenvalue weighted by Gasteiger charge is 2.29. The van der Waals surface area contributed by atoms with Crippen molar-refractivity contribution in [1.82, 2.24) is 14.9 Å². The molecule has 1 atom stereocenters. The molecule has 3 heterocycles. The quantitative estimate of drug-likeness (QED) is 0.683. The summed E-state index contributed by atoms with van der Waals surface area (Å²) in [7, 11) is 0. The Morgan fingerprint density at radius 3 is 2.87 bits per heavy atom. The molecule has 1 aromatic carbocycles. The molecule has 0 unspecified atom stereocenters. The molecule has 7 heteroatoms. The van der Waals surface area contributed by atoms with Crippen molar-refractivity contribution >= 4 is 22.6 Å². The number of nitrogens with zero attached hydrogens (tertiary/aromatic N) is 4. The van der Waals surface area contributed by atoms with Gasteiger partial charge in [-0.2, -0.15) is 5.26 Å². The summed E-state index contributed by atoms with van der Waals surface area (Å²) in [5.41, 5.74) is 10.8. The van der Waals surface area contributed by atoms with Crippen molar-refractivity contribution < 1.29 is 9.53 Å². The first-order valence-electron chi connectivity index (χ1n) is 10.5. The van der Waals surface area contributed by atoms with Gasteiger partial charge in [-0.1, -0.05) is 0 Å². The largest absolute Gasteiger partial charge is 0.383 e. The van der Waals surface area contributed by atoms with Gasteiger partial charge in [0.1, 0.15) is 11.9 Å². The summed E-state index contributed by atoms with van der Waals surface area (Å²) in [5, 5.41) is 9.90. The van der Waals surface area contributed by atoms with Crippen LogP contribution in [-0.4, -0.2) is 27.3 Å². The zero-order valence-corrected chi connectivity index (χ0v) is 17.3. The molecule has 0 saturated heterocycles. The average molecular weight is 413 g/mol. The summed E-state index contributed by atoms with van der Waals surface area (Å²) in [6, 6.07) is 11.2. The Morgan fingerprint density at radius 2 is 2.16 bits per heavy atom. The molecule has 0 radical (unpaired) electrons. The van der Waals surface area contributed by atoms with Crippen LogP contribution in [0.4, 0.5) is 5.82 Å². The van der Waals surface area contributed by atoms with E-state index in [9.17, 15) is 4.79 Å². The van der Waals surface area contributed by atoms with Gasteiger partial charge in [-0.25, -0.2) is 4.98 Å². The maximum atomic E-state index is 13.5. The Morgan fingerprint density at radius 1 is 1.32 bits per heavy atom. The lowest BCUT2D eigenvalue weighted by Gasteiger charge is -2.23. The van der Waals surface area contributed by atoms with Crippen LogP contribution in [0, 0.1) is 17.2 Å². The highest BCUT2D eigenvalue weighted by atomic mass is 16.5. The molecule has 1 aliphatic heterocycles. The summed E-state index contributed by atoms with van der Waals surface area (Å²) in [5.74, 6) is 1.01. The SMILES string of the molecule is C[C@H]1OCc2c1c(N)nc1ccc(C(=O)N(Cc3ccc(C#N)cn3)CC3CC3)cc21. The van der Waals surface area contributed by atoms with E-state index in [0.717, 1.165) is 40.6 Å². The second-order valence-electron chi connectivity index (χ2n) is 8.35. The summed E-state index contributed by atoms with van der Waals surface area (Å²) in [6.45, 7) is 3.55. The van der Waals surface area contributed by atoms with Crippen LogP contribution >= 0.6 is 0 Å². The number of carbonyl (C=O) groups excluding carboxylic acids is 1. The predicted molar refractivity (Wildman–Crippen MR) is 116 cm³/mol. The minimum Gasteiger partial charge on any atom is -0.383 e. The van der Waals surface area contributed by atoms with Crippen molar-refractivity contribution in [2.75, 3.05) is 12.3 Å². The number of amides is 1. The van der Waals surface area contributed by atoms with Crippen LogP contribution in [0.3, 0.4) is 0 Å². The summed E-state index contributed by atoms with van der Waals surface area (Å²) in [6.07, 6.45) is 3.74. The fourth-order valence-corrected chi connectivity index (χ4v) is 4.19. The molecule has 3 aromatic rings. The number of rotatable bonds is 5. The number of ether oxygens (including phenoxy) is 1. The zero-order valence-electron chi connectivity index (χ0n) is 17.3. The monoisotopic (exact) mass is 413 g/mol. The number of nitrogens with two attached hydrogens (primary N) is 1. The normalized spacial score (nSPS) is 17.4. The van der Waals surface area contributed by atoms with E-state index < -0.39 is 0 Å². The van der Waals surface area contributed by atoms with E-state index in [0.29, 0.717) is 42.6 Å². The van der Waals surface area contributed by atoms with E-state index >= 15 is 0 Å². The maximum Gasteiger partial charge on any atom is 0.254 e. The molecule has 2 aromatic heterocycles. The number of carbonyl (C=O) groups is 1. The first-order chi connectivity index (χ1) is 15.0. The molecule has 156 valence electrons. The fraction of sp³-hybridized carbons (Fsp3) is 0.333. The van der Waals surface area contributed by atoms with Crippen LogP contribution < -0.4 is 5.73 Å². The van der Waals surface area contributed by atoms with Gasteiger partial charge in [0.05, 0.1) is 36.0 Å². The van der Waals surface area contributed by atoms with Crippen molar-refractivity contribution in [2.24, 2.45) is 5.92 Å². The second kappa shape index (κ2) is 7.64. The molecular weight excluding hydrogens is 390 g/mol. The fourth-order valence-electron chi connectivity index (χ4n) is 4.19. The molecule has 1 aliphatic carbocycles. The van der Waals surface area contributed by atoms with Crippen LogP contribution in [0.2, 0.25) is 0 Å². The zero-order chi connectivity index (χ0) is 21.5. The van der Waals surface area contributed by atoms with Gasteiger partial charge in [0.2, 0.25) is 0 Å². The number of nitriles is 1. The Bertz CT molecular complexity index is 1210. The number of hydrogen-bond acceptors (Lipinski definition) is 6. The van der Waals surface area contributed by atoms with Gasteiger partial charge >= 0.3 is 0 Å². The van der Waals surface area contributed by atoms with Crippen LogP contribution in [0.15, 0.2) is 36.5 Å². The molecule has 1 amide bonds. The van der Waals surface area contributed by atoms with Crippen molar-refractivity contribution in [3.05, 3.63) is 64.5 Å². The second-order valence-corrected chi connectivity index (χ2v) is 8.35. The standard InChI is InChI=1S/C24H23N5O2/c1-14-22-20(13-31-14)19-8-17(5-7-21(19)28-23(22)26)24(30)29(11-15-2-3-15)12-18-6-4-16(9-25)10-27-18/h4-8,10,14-15H,2-3,11-13H2,1H3,(H2,26,28)/t14-/m1/s1. The van der Waals surface area contributed by atoms with Gasteiger partial charge in [-0.3, -0.25) is 9.78 Å². The summed E-state index contributed by atoms with van der Waals surface area (Å²) < 4.78 is 5.77. The van der Waals surface area contributed by atoms with Gasteiger partial charge in [-0.05, 0) is 61.6 Å². The van der Waals surface area contributed by atoms with Gasteiger partial charge in [-0.15, -0.1) is 0 Å². The van der Waals surface area contributed by atoms with E-state index in [4.69, 9.17) is 15.7 Å². The molecule has 2 N–H and O–H groups in total. The number of anilines is 1. The van der Waals surface area contributed by atoms with Gasteiger partial charge in [0.25, 0.3) is 5.91 Å². The maximum absolute atomic E-state index is 13.5. The third-order valence-corrected chi connectivity index (χ3v) is 6.06. The highest BCUT2D eigenvalue weighted by molar-refractivity contribution is 5.99.